The van der Waals surface area contributed by atoms with E-state index in [1.807, 2.05) is 0 Å². The summed E-state index contributed by atoms with van der Waals surface area (Å²) in [6, 6.07) is 1.35. The van der Waals surface area contributed by atoms with Crippen molar-refractivity contribution in [1.29, 1.82) is 0 Å². The fourth-order valence-corrected chi connectivity index (χ4v) is 1.62. The molecule has 0 unspecified atom stereocenters. The second-order valence-corrected chi connectivity index (χ2v) is 4.85. The van der Waals surface area contributed by atoms with Gasteiger partial charge in [0.05, 0.1) is 28.9 Å². The molecule has 3 N–H and O–H groups in total. The molecule has 0 bridgehead atoms. The second kappa shape index (κ2) is 6.70. The van der Waals surface area contributed by atoms with Gasteiger partial charge in [0.1, 0.15) is 0 Å². The quantitative estimate of drug-likeness (QED) is 0.673. The number of carbonyl (C=O) groups excluding carboxylic acids is 1. The molecule has 0 radical (unpaired) electrons. The van der Waals surface area contributed by atoms with Crippen molar-refractivity contribution in [2.45, 2.75) is 13.8 Å². The van der Waals surface area contributed by atoms with Gasteiger partial charge in [-0.25, -0.2) is 19.2 Å². The summed E-state index contributed by atoms with van der Waals surface area (Å²) in [7, 11) is 0. The van der Waals surface area contributed by atoms with Gasteiger partial charge in [0, 0.05) is 0 Å². The highest BCUT2D eigenvalue weighted by atomic mass is 16.5. The monoisotopic (exact) mass is 310 g/mol. The van der Waals surface area contributed by atoms with Gasteiger partial charge in [-0.3, -0.25) is 0 Å². The first kappa shape index (κ1) is 17.2. The molecule has 1 rings (SSSR count). The van der Waals surface area contributed by atoms with Gasteiger partial charge in [-0.2, -0.15) is 0 Å². The van der Waals surface area contributed by atoms with Crippen molar-refractivity contribution >= 4 is 23.9 Å². The number of benzene rings is 1. The van der Waals surface area contributed by atoms with E-state index in [4.69, 9.17) is 20.1 Å². The van der Waals surface area contributed by atoms with Crippen LogP contribution in [0.4, 0.5) is 0 Å². The number of ether oxygens (including phenoxy) is 1. The van der Waals surface area contributed by atoms with Crippen molar-refractivity contribution in [1.82, 2.24) is 0 Å². The standard InChI is InChI=1S/C14H14O8/c1-6(2)5-22-14(21)10-4-8(12(17)18)7(11(15)16)3-9(10)13(19)20/h3-4,6H,5H2,1-2H3,(H,15,16)(H,17,18)(H,19,20). The molecule has 0 amide bonds. The summed E-state index contributed by atoms with van der Waals surface area (Å²) in [5, 5.41) is 27.0. The molecule has 0 fully saturated rings. The maximum absolute atomic E-state index is 11.9. The van der Waals surface area contributed by atoms with Gasteiger partial charge in [-0.15, -0.1) is 0 Å². The summed E-state index contributed by atoms with van der Waals surface area (Å²) in [5.41, 5.74) is -2.54. The van der Waals surface area contributed by atoms with E-state index in [9.17, 15) is 19.2 Å². The summed E-state index contributed by atoms with van der Waals surface area (Å²) < 4.78 is 4.87. The van der Waals surface area contributed by atoms with E-state index < -0.39 is 46.1 Å². The van der Waals surface area contributed by atoms with Gasteiger partial charge in [0.15, 0.2) is 0 Å². The summed E-state index contributed by atoms with van der Waals surface area (Å²) in [6.45, 7) is 3.55. The highest BCUT2D eigenvalue weighted by Gasteiger charge is 2.26. The molecule has 1 aromatic rings. The summed E-state index contributed by atoms with van der Waals surface area (Å²) in [5.74, 6) is -5.79. The lowest BCUT2D eigenvalue weighted by Crippen LogP contribution is -2.18. The number of aromatic carboxylic acids is 3. The van der Waals surface area contributed by atoms with Gasteiger partial charge in [0.2, 0.25) is 0 Å². The summed E-state index contributed by atoms with van der Waals surface area (Å²) in [4.78, 5) is 45.2. The number of hydrogen-bond donors (Lipinski definition) is 3. The molecule has 0 heterocycles. The molecule has 0 aliphatic heterocycles. The van der Waals surface area contributed by atoms with Crippen LogP contribution in [0.25, 0.3) is 0 Å². The van der Waals surface area contributed by atoms with Crippen molar-refractivity contribution < 1.29 is 39.2 Å². The molecular weight excluding hydrogens is 296 g/mol. The molecule has 0 aliphatic carbocycles. The van der Waals surface area contributed by atoms with Crippen LogP contribution in [0, 0.1) is 5.92 Å². The van der Waals surface area contributed by atoms with Gasteiger partial charge >= 0.3 is 23.9 Å². The largest absolute Gasteiger partial charge is 0.478 e. The smallest absolute Gasteiger partial charge is 0.339 e. The van der Waals surface area contributed by atoms with Crippen LogP contribution in [0.2, 0.25) is 0 Å². The van der Waals surface area contributed by atoms with Crippen molar-refractivity contribution in [3.05, 3.63) is 34.4 Å². The Morgan fingerprint density at radius 3 is 1.59 bits per heavy atom. The van der Waals surface area contributed by atoms with Gasteiger partial charge < -0.3 is 20.1 Å². The zero-order valence-electron chi connectivity index (χ0n) is 11.8. The number of carboxylic acid groups (broad SMARTS) is 3. The predicted molar refractivity (Wildman–Crippen MR) is 72.4 cm³/mol. The fourth-order valence-electron chi connectivity index (χ4n) is 1.62. The minimum atomic E-state index is -1.61. The van der Waals surface area contributed by atoms with Crippen molar-refractivity contribution in [2.24, 2.45) is 5.92 Å². The van der Waals surface area contributed by atoms with E-state index >= 15 is 0 Å². The molecule has 0 saturated heterocycles. The zero-order chi connectivity index (χ0) is 17.0. The predicted octanol–water partition coefficient (Wildman–Crippen LogP) is 1.59. The van der Waals surface area contributed by atoms with Crippen LogP contribution in [0.3, 0.4) is 0 Å². The van der Waals surface area contributed by atoms with Crippen LogP contribution in [0.5, 0.6) is 0 Å². The summed E-state index contributed by atoms with van der Waals surface area (Å²) in [6.07, 6.45) is 0. The van der Waals surface area contributed by atoms with Gasteiger partial charge in [0.25, 0.3) is 0 Å². The maximum atomic E-state index is 11.9. The molecule has 0 aliphatic rings. The third kappa shape index (κ3) is 3.81. The highest BCUT2D eigenvalue weighted by Crippen LogP contribution is 2.19. The Hall–Kier alpha value is -2.90. The lowest BCUT2D eigenvalue weighted by Gasteiger charge is -2.11. The van der Waals surface area contributed by atoms with E-state index in [2.05, 4.69) is 0 Å². The number of carbonyl (C=O) groups is 4. The Kier molecular flexibility index (Phi) is 5.23. The average molecular weight is 310 g/mol. The molecular formula is C14H14O8. The van der Waals surface area contributed by atoms with E-state index in [0.29, 0.717) is 12.1 Å². The normalized spacial score (nSPS) is 10.3. The number of rotatable bonds is 6. The lowest BCUT2D eigenvalue weighted by molar-refractivity contribution is 0.0449. The zero-order valence-corrected chi connectivity index (χ0v) is 11.8. The fraction of sp³-hybridized carbons (Fsp3) is 0.286. The Bertz CT molecular complexity index is 644. The van der Waals surface area contributed by atoms with Crippen LogP contribution >= 0.6 is 0 Å². The van der Waals surface area contributed by atoms with Crippen LogP contribution < -0.4 is 0 Å². The molecule has 0 atom stereocenters. The molecule has 118 valence electrons. The Morgan fingerprint density at radius 1 is 0.864 bits per heavy atom. The molecule has 0 spiro atoms. The van der Waals surface area contributed by atoms with E-state index in [1.54, 1.807) is 13.8 Å². The number of esters is 1. The van der Waals surface area contributed by atoms with Crippen LogP contribution in [0.1, 0.15) is 55.3 Å². The minimum Gasteiger partial charge on any atom is -0.478 e. The Labute approximate surface area is 124 Å². The van der Waals surface area contributed by atoms with Crippen LogP contribution in [0.15, 0.2) is 12.1 Å². The van der Waals surface area contributed by atoms with Crippen LogP contribution in [-0.2, 0) is 4.74 Å². The second-order valence-electron chi connectivity index (χ2n) is 4.85. The SMILES string of the molecule is CC(C)COC(=O)c1cc(C(=O)O)c(C(=O)O)cc1C(=O)O. The van der Waals surface area contributed by atoms with Crippen molar-refractivity contribution in [3.63, 3.8) is 0 Å². The van der Waals surface area contributed by atoms with Gasteiger partial charge in [-0.05, 0) is 18.1 Å². The average Bonchev–Trinajstić information content (AvgIpc) is 2.42. The van der Waals surface area contributed by atoms with E-state index in [-0.39, 0.29) is 12.5 Å². The number of hydrogen-bond acceptors (Lipinski definition) is 5. The summed E-state index contributed by atoms with van der Waals surface area (Å²) >= 11 is 0. The van der Waals surface area contributed by atoms with Crippen molar-refractivity contribution in [3.8, 4) is 0 Å². The first-order chi connectivity index (χ1) is 10.1. The molecule has 1 aromatic carbocycles. The molecule has 22 heavy (non-hydrogen) atoms. The Balaban J connectivity index is 3.45. The first-order valence-electron chi connectivity index (χ1n) is 6.20. The topological polar surface area (TPSA) is 138 Å². The first-order valence-corrected chi connectivity index (χ1v) is 6.20. The minimum absolute atomic E-state index is 0.00512. The third-order valence-electron chi connectivity index (χ3n) is 2.62. The number of carboxylic acids is 3. The maximum Gasteiger partial charge on any atom is 0.339 e. The van der Waals surface area contributed by atoms with Crippen molar-refractivity contribution in [2.75, 3.05) is 6.61 Å². The molecule has 8 nitrogen and oxygen atoms in total. The molecule has 0 saturated carbocycles. The van der Waals surface area contributed by atoms with E-state index in [0.717, 1.165) is 0 Å². The molecule has 0 aromatic heterocycles. The van der Waals surface area contributed by atoms with Gasteiger partial charge in [-0.1, -0.05) is 13.8 Å². The van der Waals surface area contributed by atoms with E-state index in [1.165, 1.54) is 0 Å². The highest BCUT2D eigenvalue weighted by molar-refractivity contribution is 6.09. The van der Waals surface area contributed by atoms with Crippen LogP contribution in [-0.4, -0.2) is 45.8 Å². The molecule has 8 heteroatoms. The lowest BCUT2D eigenvalue weighted by atomic mass is 9.98. The Morgan fingerprint density at radius 2 is 1.23 bits per heavy atom. The third-order valence-corrected chi connectivity index (χ3v) is 2.62.